The maximum Gasteiger partial charge on any atom is 0.238 e. The summed E-state index contributed by atoms with van der Waals surface area (Å²) in [4.78, 5) is 15.1. The predicted molar refractivity (Wildman–Crippen MR) is 113 cm³/mol. The molecule has 1 aromatic carbocycles. The van der Waals surface area contributed by atoms with Gasteiger partial charge in [0.1, 0.15) is 6.04 Å². The third-order valence-corrected chi connectivity index (χ3v) is 7.44. The van der Waals surface area contributed by atoms with E-state index in [1.807, 2.05) is 19.1 Å². The number of hydrogen-bond donors (Lipinski definition) is 1. The van der Waals surface area contributed by atoms with Gasteiger partial charge in [-0.3, -0.25) is 9.69 Å². The van der Waals surface area contributed by atoms with E-state index >= 15 is 0 Å². The van der Waals surface area contributed by atoms with Crippen molar-refractivity contribution in [3.63, 3.8) is 0 Å². The minimum absolute atomic E-state index is 0.102. The quantitative estimate of drug-likeness (QED) is 0.645. The predicted octanol–water partition coefficient (Wildman–Crippen LogP) is 2.74. The highest BCUT2D eigenvalue weighted by Crippen LogP contribution is 2.21. The second-order valence-corrected chi connectivity index (χ2v) is 9.48. The van der Waals surface area contributed by atoms with Gasteiger partial charge in [-0.05, 0) is 43.5 Å². The van der Waals surface area contributed by atoms with Crippen molar-refractivity contribution in [1.82, 2.24) is 14.5 Å². The summed E-state index contributed by atoms with van der Waals surface area (Å²) >= 11 is 0. The zero-order valence-electron chi connectivity index (χ0n) is 17.5. The van der Waals surface area contributed by atoms with Gasteiger partial charge in [-0.2, -0.15) is 4.31 Å². The number of nitrogens with one attached hydrogen (secondary N) is 1. The Bertz CT molecular complexity index is 715. The molecular weight excluding hydrogens is 374 g/mol. The van der Waals surface area contributed by atoms with Gasteiger partial charge in [0.2, 0.25) is 15.9 Å². The first kappa shape index (κ1) is 22.8. The molecule has 0 aliphatic carbocycles. The number of carbonyl (C=O) groups excluding carboxylic acids is 1. The summed E-state index contributed by atoms with van der Waals surface area (Å²) in [7, 11) is -3.37. The van der Waals surface area contributed by atoms with Crippen molar-refractivity contribution < 1.29 is 13.2 Å². The first-order valence-corrected chi connectivity index (χ1v) is 12.1. The average molecular weight is 410 g/mol. The monoisotopic (exact) mass is 409 g/mol. The third kappa shape index (κ3) is 6.29. The molecule has 1 N–H and O–H groups in total. The number of sulfonamides is 1. The van der Waals surface area contributed by atoms with Gasteiger partial charge in [-0.15, -0.1) is 0 Å². The summed E-state index contributed by atoms with van der Waals surface area (Å²) in [5, 5.41) is 2.94. The highest BCUT2D eigenvalue weighted by molar-refractivity contribution is 7.89. The van der Waals surface area contributed by atoms with Crippen molar-refractivity contribution >= 4 is 15.9 Å². The van der Waals surface area contributed by atoms with E-state index in [0.717, 1.165) is 38.0 Å². The van der Waals surface area contributed by atoms with Gasteiger partial charge < -0.3 is 5.32 Å². The maximum atomic E-state index is 12.7. The largest absolute Gasteiger partial charge is 0.351 e. The zero-order valence-corrected chi connectivity index (χ0v) is 18.3. The molecule has 7 heteroatoms. The molecule has 1 aromatic rings. The molecule has 0 aromatic heterocycles. The highest BCUT2D eigenvalue weighted by Gasteiger charge is 2.35. The summed E-state index contributed by atoms with van der Waals surface area (Å²) in [6.45, 7) is 9.99. The number of rotatable bonds is 10. The topological polar surface area (TPSA) is 69.7 Å². The lowest BCUT2D eigenvalue weighted by Gasteiger charge is -2.33. The van der Waals surface area contributed by atoms with E-state index in [0.29, 0.717) is 25.9 Å². The van der Waals surface area contributed by atoms with Crippen LogP contribution in [-0.2, 0) is 27.9 Å². The molecule has 1 aliphatic heterocycles. The van der Waals surface area contributed by atoms with Crippen LogP contribution < -0.4 is 5.32 Å². The van der Waals surface area contributed by atoms with Gasteiger partial charge >= 0.3 is 0 Å². The van der Waals surface area contributed by atoms with Crippen LogP contribution >= 0.6 is 0 Å². The van der Waals surface area contributed by atoms with Gasteiger partial charge in [-0.1, -0.05) is 51.5 Å². The van der Waals surface area contributed by atoms with Crippen molar-refractivity contribution in [1.29, 1.82) is 0 Å². The molecule has 28 heavy (non-hydrogen) atoms. The summed E-state index contributed by atoms with van der Waals surface area (Å²) < 4.78 is 26.4. The van der Waals surface area contributed by atoms with Gasteiger partial charge in [0.15, 0.2) is 0 Å². The first-order valence-electron chi connectivity index (χ1n) is 10.5. The fourth-order valence-electron chi connectivity index (χ4n) is 3.65. The Morgan fingerprint density at radius 2 is 1.75 bits per heavy atom. The summed E-state index contributed by atoms with van der Waals surface area (Å²) in [5.41, 5.74) is 2.28. The average Bonchev–Trinajstić information content (AvgIpc) is 2.71. The Morgan fingerprint density at radius 1 is 1.11 bits per heavy atom. The fourth-order valence-corrected chi connectivity index (χ4v) is 5.40. The summed E-state index contributed by atoms with van der Waals surface area (Å²) in [6.07, 6.45) is 2.86. The summed E-state index contributed by atoms with van der Waals surface area (Å²) in [5.74, 6) is -0.0864. The van der Waals surface area contributed by atoms with Crippen LogP contribution in [-0.4, -0.2) is 55.0 Å². The maximum absolute atomic E-state index is 12.7. The molecule has 1 amide bonds. The second kappa shape index (κ2) is 10.9. The number of nitrogens with zero attached hydrogens (tertiary/aromatic N) is 2. The molecule has 2 rings (SSSR count). The van der Waals surface area contributed by atoms with Crippen LogP contribution in [0.2, 0.25) is 0 Å². The van der Waals surface area contributed by atoms with Crippen molar-refractivity contribution in [3.8, 4) is 0 Å². The van der Waals surface area contributed by atoms with Crippen molar-refractivity contribution in [3.05, 3.63) is 35.4 Å². The van der Waals surface area contributed by atoms with E-state index in [4.69, 9.17) is 0 Å². The van der Waals surface area contributed by atoms with E-state index in [9.17, 15) is 13.2 Å². The van der Waals surface area contributed by atoms with Crippen molar-refractivity contribution in [2.24, 2.45) is 0 Å². The second-order valence-electron chi connectivity index (χ2n) is 7.43. The van der Waals surface area contributed by atoms with E-state index in [2.05, 4.69) is 36.2 Å². The normalized spacial score (nSPS) is 18.4. The van der Waals surface area contributed by atoms with E-state index in [-0.39, 0.29) is 11.7 Å². The Balaban J connectivity index is 1.94. The molecule has 0 spiro atoms. The number of carbonyl (C=O) groups is 1. The molecule has 0 bridgehead atoms. The minimum atomic E-state index is -3.37. The number of piperidine rings is 1. The first-order chi connectivity index (χ1) is 13.4. The van der Waals surface area contributed by atoms with E-state index in [1.165, 1.54) is 9.87 Å². The van der Waals surface area contributed by atoms with Gasteiger partial charge in [0.05, 0.1) is 5.75 Å². The molecule has 1 aliphatic rings. The van der Waals surface area contributed by atoms with Crippen LogP contribution in [0.3, 0.4) is 0 Å². The Morgan fingerprint density at radius 3 is 2.36 bits per heavy atom. The SMILES string of the molecule is CCCS(=O)(=O)N1CCCCC1C(=O)NCc1ccc(CN(CC)CC)cc1. The lowest BCUT2D eigenvalue weighted by Crippen LogP contribution is -2.52. The Kier molecular flexibility index (Phi) is 8.92. The molecule has 0 saturated carbocycles. The number of amides is 1. The fraction of sp³-hybridized carbons (Fsp3) is 0.667. The van der Waals surface area contributed by atoms with Crippen LogP contribution in [0.25, 0.3) is 0 Å². The van der Waals surface area contributed by atoms with Crippen LogP contribution in [0.1, 0.15) is 57.6 Å². The molecule has 1 unspecified atom stereocenters. The molecule has 0 radical (unpaired) electrons. The van der Waals surface area contributed by atoms with Crippen LogP contribution in [0.5, 0.6) is 0 Å². The van der Waals surface area contributed by atoms with Crippen LogP contribution in [0, 0.1) is 0 Å². The van der Waals surface area contributed by atoms with Gasteiger partial charge in [-0.25, -0.2) is 8.42 Å². The molecule has 1 saturated heterocycles. The number of hydrogen-bond acceptors (Lipinski definition) is 4. The van der Waals surface area contributed by atoms with E-state index in [1.54, 1.807) is 0 Å². The van der Waals surface area contributed by atoms with Crippen LogP contribution in [0.4, 0.5) is 0 Å². The van der Waals surface area contributed by atoms with Crippen molar-refractivity contribution in [2.45, 2.75) is 65.6 Å². The molecule has 158 valence electrons. The molecule has 1 fully saturated rings. The molecule has 1 heterocycles. The Hall–Kier alpha value is -1.44. The molecular formula is C21H35N3O3S. The zero-order chi connectivity index (χ0) is 20.6. The van der Waals surface area contributed by atoms with Gasteiger partial charge in [0, 0.05) is 19.6 Å². The van der Waals surface area contributed by atoms with Crippen molar-refractivity contribution in [2.75, 3.05) is 25.4 Å². The summed E-state index contributed by atoms with van der Waals surface area (Å²) in [6, 6.07) is 7.68. The van der Waals surface area contributed by atoms with Gasteiger partial charge in [0.25, 0.3) is 0 Å². The lowest BCUT2D eigenvalue weighted by molar-refractivity contribution is -0.125. The smallest absolute Gasteiger partial charge is 0.238 e. The minimum Gasteiger partial charge on any atom is -0.351 e. The third-order valence-electron chi connectivity index (χ3n) is 5.37. The lowest BCUT2D eigenvalue weighted by atomic mass is 10.0. The standard InChI is InChI=1S/C21H35N3O3S/c1-4-15-28(26,27)24-14-8-7-9-20(24)21(25)22-16-18-10-12-19(13-11-18)17-23(5-2)6-3/h10-13,20H,4-9,14-17H2,1-3H3,(H,22,25). The number of benzene rings is 1. The molecule has 1 atom stereocenters. The van der Waals surface area contributed by atoms with Crippen LogP contribution in [0.15, 0.2) is 24.3 Å². The highest BCUT2D eigenvalue weighted by atomic mass is 32.2. The Labute approximate surface area is 170 Å². The van der Waals surface area contributed by atoms with E-state index < -0.39 is 16.1 Å². The molecule has 6 nitrogen and oxygen atoms in total.